The van der Waals surface area contributed by atoms with Crippen LogP contribution in [0.1, 0.15) is 40.0 Å². The molecule has 156 valence electrons. The van der Waals surface area contributed by atoms with Crippen molar-refractivity contribution in [3.8, 4) is 0 Å². The number of carbonyl (C=O) groups excluding carboxylic acids is 2. The van der Waals surface area contributed by atoms with Gasteiger partial charge in [0.2, 0.25) is 0 Å². The smallest absolute Gasteiger partial charge is 0.264 e. The van der Waals surface area contributed by atoms with Gasteiger partial charge in [-0.15, -0.1) is 0 Å². The van der Waals surface area contributed by atoms with Crippen molar-refractivity contribution in [1.29, 1.82) is 0 Å². The van der Waals surface area contributed by atoms with E-state index in [9.17, 15) is 9.59 Å². The summed E-state index contributed by atoms with van der Waals surface area (Å²) in [6, 6.07) is 23.2. The summed E-state index contributed by atoms with van der Waals surface area (Å²) in [4.78, 5) is 29.0. The highest BCUT2D eigenvalue weighted by molar-refractivity contribution is 8.04. The molecule has 1 heterocycles. The molecule has 0 saturated heterocycles. The lowest BCUT2D eigenvalue weighted by molar-refractivity contribution is -0.114. The van der Waals surface area contributed by atoms with E-state index in [0.717, 1.165) is 27.3 Å². The highest BCUT2D eigenvalue weighted by Gasteiger charge is 2.27. The molecule has 0 spiro atoms. The van der Waals surface area contributed by atoms with Crippen molar-refractivity contribution in [1.82, 2.24) is 5.32 Å². The van der Waals surface area contributed by atoms with Crippen LogP contribution in [0.4, 0.5) is 5.69 Å². The quantitative estimate of drug-likeness (QED) is 0.551. The lowest BCUT2D eigenvalue weighted by atomic mass is 10.1. The third kappa shape index (κ3) is 4.42. The molecule has 0 radical (unpaired) electrons. The van der Waals surface area contributed by atoms with Crippen molar-refractivity contribution in [3.05, 3.63) is 100.0 Å². The number of thioether (sulfide) groups is 1. The van der Waals surface area contributed by atoms with Crippen molar-refractivity contribution in [2.24, 2.45) is 0 Å². The average Bonchev–Trinajstić information content (AvgIpc) is 2.79. The molecule has 5 heteroatoms. The van der Waals surface area contributed by atoms with Gasteiger partial charge in [-0.25, -0.2) is 0 Å². The maximum absolute atomic E-state index is 13.0. The first-order chi connectivity index (χ1) is 14.9. The van der Waals surface area contributed by atoms with Gasteiger partial charge in [0.25, 0.3) is 11.8 Å². The monoisotopic (exact) mass is 428 g/mol. The number of anilines is 1. The van der Waals surface area contributed by atoms with Gasteiger partial charge in [-0.1, -0.05) is 66.4 Å². The van der Waals surface area contributed by atoms with Crippen LogP contribution in [0.5, 0.6) is 0 Å². The van der Waals surface area contributed by atoms with Gasteiger partial charge in [-0.05, 0) is 54.8 Å². The van der Waals surface area contributed by atoms with E-state index >= 15 is 0 Å². The number of carbonyl (C=O) groups is 2. The summed E-state index contributed by atoms with van der Waals surface area (Å²) in [5.74, 6) is -0.234. The molecule has 1 unspecified atom stereocenters. The summed E-state index contributed by atoms with van der Waals surface area (Å²) >= 11 is 1.44. The number of hydrogen-bond acceptors (Lipinski definition) is 3. The Balaban J connectivity index is 1.57. The van der Waals surface area contributed by atoms with E-state index < -0.39 is 0 Å². The molecule has 1 atom stereocenters. The molecule has 1 aliphatic heterocycles. The second-order valence-electron chi connectivity index (χ2n) is 7.62. The molecule has 0 fully saturated rings. The number of hydrogen-bond donors (Lipinski definition) is 1. The van der Waals surface area contributed by atoms with Crippen LogP contribution in [-0.2, 0) is 4.79 Å². The molecular weight excluding hydrogens is 404 g/mol. The van der Waals surface area contributed by atoms with Gasteiger partial charge in [0.05, 0.1) is 16.6 Å². The summed E-state index contributed by atoms with van der Waals surface area (Å²) in [6.45, 7) is 3.99. The topological polar surface area (TPSA) is 49.4 Å². The zero-order valence-corrected chi connectivity index (χ0v) is 18.6. The van der Waals surface area contributed by atoms with E-state index in [1.54, 1.807) is 18.0 Å². The van der Waals surface area contributed by atoms with Gasteiger partial charge in [-0.2, -0.15) is 0 Å². The van der Waals surface area contributed by atoms with E-state index in [1.807, 2.05) is 86.7 Å². The molecule has 3 aromatic carbocycles. The number of aryl methyl sites for hydroxylation is 1. The molecule has 4 nitrogen and oxygen atoms in total. The number of likely N-dealkylation sites (N-methyl/N-ethyl adjacent to an activating group) is 1. The Bertz CT molecular complexity index is 1170. The fourth-order valence-corrected chi connectivity index (χ4v) is 4.61. The first-order valence-corrected chi connectivity index (χ1v) is 11.0. The Morgan fingerprint density at radius 2 is 1.74 bits per heavy atom. The average molecular weight is 429 g/mol. The van der Waals surface area contributed by atoms with Crippen LogP contribution in [0.15, 0.2) is 82.6 Å². The van der Waals surface area contributed by atoms with Gasteiger partial charge in [0.1, 0.15) is 0 Å². The zero-order valence-electron chi connectivity index (χ0n) is 17.8. The van der Waals surface area contributed by atoms with Crippen molar-refractivity contribution < 1.29 is 9.59 Å². The van der Waals surface area contributed by atoms with Gasteiger partial charge in [0, 0.05) is 17.5 Å². The standard InChI is InChI=1S/C26H24N2O2S/c1-17-9-7-8-12-20(17)16-24-26(30)28(3)22-15-21(13-14-23(22)31-24)25(29)27-18(2)19-10-5-4-6-11-19/h4-16,18H,1-3H3,(H,27,29). The maximum Gasteiger partial charge on any atom is 0.264 e. The van der Waals surface area contributed by atoms with Crippen molar-refractivity contribution in [2.75, 3.05) is 11.9 Å². The van der Waals surface area contributed by atoms with Crippen LogP contribution in [0, 0.1) is 6.92 Å². The van der Waals surface area contributed by atoms with Crippen LogP contribution in [0.2, 0.25) is 0 Å². The minimum Gasteiger partial charge on any atom is -0.346 e. The predicted molar refractivity (Wildman–Crippen MR) is 127 cm³/mol. The number of fused-ring (bicyclic) bond motifs is 1. The van der Waals surface area contributed by atoms with Crippen LogP contribution in [0.25, 0.3) is 6.08 Å². The predicted octanol–water partition coefficient (Wildman–Crippen LogP) is 5.60. The third-order valence-corrected chi connectivity index (χ3v) is 6.52. The molecule has 0 bridgehead atoms. The molecule has 0 aromatic heterocycles. The van der Waals surface area contributed by atoms with Gasteiger partial charge >= 0.3 is 0 Å². The highest BCUT2D eigenvalue weighted by Crippen LogP contribution is 2.42. The number of benzene rings is 3. The van der Waals surface area contributed by atoms with Crippen molar-refractivity contribution in [3.63, 3.8) is 0 Å². The second kappa shape index (κ2) is 8.82. The SMILES string of the molecule is Cc1ccccc1C=C1Sc2ccc(C(=O)NC(C)c3ccccc3)cc2N(C)C1=O. The number of amides is 2. The van der Waals surface area contributed by atoms with Crippen LogP contribution in [0.3, 0.4) is 0 Å². The molecule has 0 aliphatic carbocycles. The Hall–Kier alpha value is -3.31. The number of nitrogens with one attached hydrogen (secondary N) is 1. The first-order valence-electron chi connectivity index (χ1n) is 10.2. The number of rotatable bonds is 4. The molecule has 2 amide bonds. The maximum atomic E-state index is 13.0. The molecular formula is C26H24N2O2S. The Labute approximate surface area is 187 Å². The first kappa shape index (κ1) is 20.9. The fourth-order valence-electron chi connectivity index (χ4n) is 3.53. The van der Waals surface area contributed by atoms with Crippen LogP contribution >= 0.6 is 11.8 Å². The van der Waals surface area contributed by atoms with E-state index in [1.165, 1.54) is 11.8 Å². The Morgan fingerprint density at radius 3 is 2.48 bits per heavy atom. The van der Waals surface area contributed by atoms with E-state index in [4.69, 9.17) is 0 Å². The fraction of sp³-hybridized carbons (Fsp3) is 0.154. The highest BCUT2D eigenvalue weighted by atomic mass is 32.2. The molecule has 0 saturated carbocycles. The van der Waals surface area contributed by atoms with Crippen LogP contribution in [-0.4, -0.2) is 18.9 Å². The number of nitrogens with zero attached hydrogens (tertiary/aromatic N) is 1. The Kier molecular flexibility index (Phi) is 5.96. The van der Waals surface area contributed by atoms with Gasteiger partial charge in [-0.3, -0.25) is 9.59 Å². The summed E-state index contributed by atoms with van der Waals surface area (Å²) in [5, 5.41) is 3.03. The third-order valence-electron chi connectivity index (χ3n) is 5.44. The van der Waals surface area contributed by atoms with E-state index in [0.29, 0.717) is 10.5 Å². The van der Waals surface area contributed by atoms with Gasteiger partial charge < -0.3 is 10.2 Å². The largest absolute Gasteiger partial charge is 0.346 e. The summed E-state index contributed by atoms with van der Waals surface area (Å²) in [5.41, 5.74) is 4.48. The molecule has 1 aliphatic rings. The minimum absolute atomic E-state index is 0.0732. The normalized spacial score (nSPS) is 15.5. The summed E-state index contributed by atoms with van der Waals surface area (Å²) < 4.78 is 0. The van der Waals surface area contributed by atoms with Crippen LogP contribution < -0.4 is 10.2 Å². The lowest BCUT2D eigenvalue weighted by Gasteiger charge is -2.27. The van der Waals surface area contributed by atoms with E-state index in [-0.39, 0.29) is 17.9 Å². The zero-order chi connectivity index (χ0) is 22.0. The van der Waals surface area contributed by atoms with Crippen molar-refractivity contribution in [2.45, 2.75) is 24.8 Å². The second-order valence-corrected chi connectivity index (χ2v) is 8.70. The van der Waals surface area contributed by atoms with E-state index in [2.05, 4.69) is 5.32 Å². The minimum atomic E-state index is -0.161. The van der Waals surface area contributed by atoms with Crippen molar-refractivity contribution >= 4 is 35.3 Å². The summed E-state index contributed by atoms with van der Waals surface area (Å²) in [7, 11) is 1.75. The molecule has 3 aromatic rings. The molecule has 31 heavy (non-hydrogen) atoms. The molecule has 4 rings (SSSR count). The lowest BCUT2D eigenvalue weighted by Crippen LogP contribution is -2.31. The van der Waals surface area contributed by atoms with Gasteiger partial charge in [0.15, 0.2) is 0 Å². The molecule has 1 N–H and O–H groups in total. The Morgan fingerprint density at radius 1 is 1.03 bits per heavy atom. The summed E-state index contributed by atoms with van der Waals surface area (Å²) in [6.07, 6.45) is 1.93.